The van der Waals surface area contributed by atoms with Gasteiger partial charge in [0.25, 0.3) is 0 Å². The first-order chi connectivity index (χ1) is 8.06. The van der Waals surface area contributed by atoms with Gasteiger partial charge in [-0.3, -0.25) is 0 Å². The molecule has 0 saturated carbocycles. The van der Waals surface area contributed by atoms with E-state index in [4.69, 9.17) is 22.1 Å². The number of nitrogen functional groups attached to an aromatic ring is 1. The molecule has 5 heteroatoms. The molecule has 0 atom stereocenters. The molecule has 0 spiro atoms. The molecule has 0 aliphatic carbocycles. The maximum absolute atomic E-state index is 13.2. The fourth-order valence-electron chi connectivity index (χ4n) is 1.30. The molecule has 0 unspecified atom stereocenters. The lowest BCUT2D eigenvalue weighted by Gasteiger charge is -2.09. The Morgan fingerprint density at radius 3 is 2.59 bits per heavy atom. The zero-order valence-electron chi connectivity index (χ0n) is 8.58. The molecule has 0 aliphatic heterocycles. The van der Waals surface area contributed by atoms with E-state index in [-0.39, 0.29) is 11.4 Å². The molecule has 2 nitrogen and oxygen atoms in total. The Morgan fingerprint density at radius 2 is 1.88 bits per heavy atom. The van der Waals surface area contributed by atoms with Gasteiger partial charge in [-0.25, -0.2) is 8.78 Å². The van der Waals surface area contributed by atoms with Gasteiger partial charge in [-0.15, -0.1) is 0 Å². The standard InChI is InChI=1S/C12H8ClF2NO/c13-7-2-1-3-9(4-7)17-11-6-8(14)5-10(15)12(11)16/h1-6H,16H2. The number of ether oxygens (including phenoxy) is 1. The van der Waals surface area contributed by atoms with Gasteiger partial charge >= 0.3 is 0 Å². The van der Waals surface area contributed by atoms with E-state index in [2.05, 4.69) is 0 Å². The molecule has 0 radical (unpaired) electrons. The highest BCUT2D eigenvalue weighted by molar-refractivity contribution is 6.30. The largest absolute Gasteiger partial charge is 0.455 e. The van der Waals surface area contributed by atoms with Crippen LogP contribution in [0, 0.1) is 11.6 Å². The highest BCUT2D eigenvalue weighted by Crippen LogP contribution is 2.31. The summed E-state index contributed by atoms with van der Waals surface area (Å²) >= 11 is 5.75. The summed E-state index contributed by atoms with van der Waals surface area (Å²) in [5.74, 6) is -1.34. The molecule has 2 rings (SSSR count). The van der Waals surface area contributed by atoms with E-state index in [1.807, 2.05) is 0 Å². The zero-order chi connectivity index (χ0) is 12.4. The van der Waals surface area contributed by atoms with Crippen molar-refractivity contribution in [3.05, 3.63) is 53.1 Å². The van der Waals surface area contributed by atoms with Crippen molar-refractivity contribution in [3.63, 3.8) is 0 Å². The van der Waals surface area contributed by atoms with Crippen LogP contribution in [0.25, 0.3) is 0 Å². The van der Waals surface area contributed by atoms with Crippen molar-refractivity contribution >= 4 is 17.3 Å². The molecule has 2 aromatic rings. The summed E-state index contributed by atoms with van der Waals surface area (Å²) in [4.78, 5) is 0. The van der Waals surface area contributed by atoms with Gasteiger partial charge in [-0.2, -0.15) is 0 Å². The third kappa shape index (κ3) is 2.65. The zero-order valence-corrected chi connectivity index (χ0v) is 9.34. The van der Waals surface area contributed by atoms with Crippen LogP contribution in [0.15, 0.2) is 36.4 Å². The van der Waals surface area contributed by atoms with E-state index >= 15 is 0 Å². The maximum Gasteiger partial charge on any atom is 0.156 e. The summed E-state index contributed by atoms with van der Waals surface area (Å²) in [6.07, 6.45) is 0. The molecule has 0 bridgehead atoms. The Hall–Kier alpha value is -1.81. The number of rotatable bonds is 2. The van der Waals surface area contributed by atoms with E-state index in [1.165, 1.54) is 6.07 Å². The van der Waals surface area contributed by atoms with E-state index in [0.717, 1.165) is 6.07 Å². The van der Waals surface area contributed by atoms with Crippen LogP contribution in [-0.4, -0.2) is 0 Å². The molecule has 17 heavy (non-hydrogen) atoms. The summed E-state index contributed by atoms with van der Waals surface area (Å²) in [5, 5.41) is 0.456. The Labute approximate surface area is 102 Å². The average molecular weight is 256 g/mol. The Balaban J connectivity index is 2.36. The van der Waals surface area contributed by atoms with Gasteiger partial charge in [0.05, 0.1) is 0 Å². The molecule has 0 aliphatic rings. The number of halogens is 3. The smallest absolute Gasteiger partial charge is 0.156 e. The van der Waals surface area contributed by atoms with E-state index in [0.29, 0.717) is 16.8 Å². The lowest BCUT2D eigenvalue weighted by molar-refractivity contribution is 0.472. The van der Waals surface area contributed by atoms with Crippen molar-refractivity contribution in [3.8, 4) is 11.5 Å². The first kappa shape index (κ1) is 11.7. The van der Waals surface area contributed by atoms with Gasteiger partial charge in [-0.05, 0) is 18.2 Å². The Bertz CT molecular complexity index is 560. The van der Waals surface area contributed by atoms with Gasteiger partial charge in [0.1, 0.15) is 17.3 Å². The fourth-order valence-corrected chi connectivity index (χ4v) is 1.48. The number of hydrogen-bond donors (Lipinski definition) is 1. The third-order valence-electron chi connectivity index (χ3n) is 2.08. The highest BCUT2D eigenvalue weighted by Gasteiger charge is 2.10. The van der Waals surface area contributed by atoms with Crippen LogP contribution in [0.5, 0.6) is 11.5 Å². The second-order valence-electron chi connectivity index (χ2n) is 3.36. The predicted octanol–water partition coefficient (Wildman–Crippen LogP) is 3.99. The van der Waals surface area contributed by atoms with Crippen LogP contribution in [0.2, 0.25) is 5.02 Å². The van der Waals surface area contributed by atoms with Crippen molar-refractivity contribution in [2.24, 2.45) is 0 Å². The van der Waals surface area contributed by atoms with Crippen molar-refractivity contribution in [2.45, 2.75) is 0 Å². The first-order valence-corrected chi connectivity index (χ1v) is 5.12. The molecule has 88 valence electrons. The quantitative estimate of drug-likeness (QED) is 0.824. The minimum atomic E-state index is -0.859. The van der Waals surface area contributed by atoms with E-state index in [1.54, 1.807) is 18.2 Å². The summed E-state index contributed by atoms with van der Waals surface area (Å²) in [5.41, 5.74) is 5.19. The van der Waals surface area contributed by atoms with Crippen LogP contribution < -0.4 is 10.5 Å². The van der Waals surface area contributed by atoms with Crippen LogP contribution in [-0.2, 0) is 0 Å². The normalized spacial score (nSPS) is 10.3. The second kappa shape index (κ2) is 4.59. The van der Waals surface area contributed by atoms with Gasteiger partial charge in [0.2, 0.25) is 0 Å². The highest BCUT2D eigenvalue weighted by atomic mass is 35.5. The summed E-state index contributed by atoms with van der Waals surface area (Å²) in [6.45, 7) is 0. The average Bonchev–Trinajstić information content (AvgIpc) is 2.25. The predicted molar refractivity (Wildman–Crippen MR) is 62.3 cm³/mol. The summed E-state index contributed by atoms with van der Waals surface area (Å²) < 4.78 is 31.4. The summed E-state index contributed by atoms with van der Waals surface area (Å²) in [7, 11) is 0. The molecule has 0 aromatic heterocycles. The van der Waals surface area contributed by atoms with E-state index < -0.39 is 11.6 Å². The van der Waals surface area contributed by atoms with Gasteiger partial charge in [0, 0.05) is 17.2 Å². The summed E-state index contributed by atoms with van der Waals surface area (Å²) in [6, 6.07) is 8.14. The van der Waals surface area contributed by atoms with Gasteiger partial charge in [0.15, 0.2) is 11.6 Å². The number of benzene rings is 2. The molecule has 0 fully saturated rings. The van der Waals surface area contributed by atoms with E-state index in [9.17, 15) is 8.78 Å². The van der Waals surface area contributed by atoms with Crippen molar-refractivity contribution in [2.75, 3.05) is 5.73 Å². The number of nitrogens with two attached hydrogens (primary N) is 1. The number of hydrogen-bond acceptors (Lipinski definition) is 2. The topological polar surface area (TPSA) is 35.2 Å². The SMILES string of the molecule is Nc1c(F)cc(F)cc1Oc1cccc(Cl)c1. The van der Waals surface area contributed by atoms with Crippen LogP contribution in [0.4, 0.5) is 14.5 Å². The number of anilines is 1. The molecule has 0 saturated heterocycles. The van der Waals surface area contributed by atoms with Crippen molar-refractivity contribution < 1.29 is 13.5 Å². The van der Waals surface area contributed by atoms with Gasteiger partial charge < -0.3 is 10.5 Å². The monoisotopic (exact) mass is 255 g/mol. The lowest BCUT2D eigenvalue weighted by Crippen LogP contribution is -1.97. The van der Waals surface area contributed by atoms with Crippen molar-refractivity contribution in [1.29, 1.82) is 0 Å². The molecule has 0 heterocycles. The maximum atomic E-state index is 13.2. The minimum Gasteiger partial charge on any atom is -0.455 e. The first-order valence-electron chi connectivity index (χ1n) is 4.74. The van der Waals surface area contributed by atoms with Crippen molar-refractivity contribution in [1.82, 2.24) is 0 Å². The Morgan fingerprint density at radius 1 is 1.12 bits per heavy atom. The minimum absolute atomic E-state index is 0.0789. The molecule has 2 N–H and O–H groups in total. The lowest BCUT2D eigenvalue weighted by atomic mass is 10.2. The molecule has 2 aromatic carbocycles. The van der Waals surface area contributed by atoms with Gasteiger partial charge in [-0.1, -0.05) is 17.7 Å². The van der Waals surface area contributed by atoms with Crippen LogP contribution in [0.3, 0.4) is 0 Å². The molecular formula is C12H8ClF2NO. The molecular weight excluding hydrogens is 248 g/mol. The second-order valence-corrected chi connectivity index (χ2v) is 3.80. The van der Waals surface area contributed by atoms with Crippen LogP contribution in [0.1, 0.15) is 0 Å². The third-order valence-corrected chi connectivity index (χ3v) is 2.32. The fraction of sp³-hybridized carbons (Fsp3) is 0. The Kier molecular flexibility index (Phi) is 3.15. The van der Waals surface area contributed by atoms with Crippen LogP contribution >= 0.6 is 11.6 Å². The molecule has 0 amide bonds.